The van der Waals surface area contributed by atoms with Crippen molar-refractivity contribution < 1.29 is 9.50 Å². The number of hydrogen-bond donors (Lipinski definition) is 1. The summed E-state index contributed by atoms with van der Waals surface area (Å²) in [6.45, 7) is 0. The molecule has 104 valence electrons. The van der Waals surface area contributed by atoms with E-state index in [2.05, 4.69) is 0 Å². The molecule has 20 heavy (non-hydrogen) atoms. The Balaban J connectivity index is 2.14. The molecule has 0 aromatic heterocycles. The largest absolute Gasteiger partial charge is 0.508 e. The van der Waals surface area contributed by atoms with Crippen LogP contribution in [0.3, 0.4) is 0 Å². The molecule has 1 aliphatic carbocycles. The van der Waals surface area contributed by atoms with E-state index in [0.29, 0.717) is 0 Å². The molecule has 0 spiro atoms. The Morgan fingerprint density at radius 2 is 1.50 bits per heavy atom. The van der Waals surface area contributed by atoms with Crippen molar-refractivity contribution in [3.8, 4) is 5.75 Å². The van der Waals surface area contributed by atoms with Gasteiger partial charge in [-0.2, -0.15) is 0 Å². The summed E-state index contributed by atoms with van der Waals surface area (Å²) in [4.78, 5) is 0. The maximum atomic E-state index is 14.3. The molecule has 1 fully saturated rings. The second kappa shape index (κ2) is 5.28. The standard InChI is InChI=1S/C18H19FO/c19-17-7-3-2-6-16(17)18(12-4-1-5-13-18)14-8-10-15(20)11-9-14/h2-3,6-11,20H,1,4-5,12-13H2. The van der Waals surface area contributed by atoms with Crippen LogP contribution < -0.4 is 0 Å². The molecule has 1 nitrogen and oxygen atoms in total. The Labute approximate surface area is 119 Å². The second-order valence-corrected chi connectivity index (χ2v) is 5.67. The van der Waals surface area contributed by atoms with Gasteiger partial charge in [-0.3, -0.25) is 0 Å². The SMILES string of the molecule is Oc1ccc(C2(c3ccccc3F)CCCCC2)cc1. The van der Waals surface area contributed by atoms with Gasteiger partial charge in [0.25, 0.3) is 0 Å². The second-order valence-electron chi connectivity index (χ2n) is 5.67. The molecule has 2 aromatic carbocycles. The average Bonchev–Trinajstić information content (AvgIpc) is 2.49. The van der Waals surface area contributed by atoms with Crippen LogP contribution in [0.25, 0.3) is 0 Å². The van der Waals surface area contributed by atoms with Crippen molar-refractivity contribution in [1.82, 2.24) is 0 Å². The third-order valence-corrected chi connectivity index (χ3v) is 4.52. The van der Waals surface area contributed by atoms with Gasteiger partial charge in [0.2, 0.25) is 0 Å². The number of phenolic OH excluding ortho intramolecular Hbond substituents is 1. The van der Waals surface area contributed by atoms with Crippen molar-refractivity contribution in [3.63, 3.8) is 0 Å². The predicted molar refractivity (Wildman–Crippen MR) is 78.4 cm³/mol. The number of aromatic hydroxyl groups is 1. The van der Waals surface area contributed by atoms with Gasteiger partial charge in [-0.15, -0.1) is 0 Å². The maximum Gasteiger partial charge on any atom is 0.127 e. The van der Waals surface area contributed by atoms with Crippen molar-refractivity contribution >= 4 is 0 Å². The minimum Gasteiger partial charge on any atom is -0.508 e. The molecule has 1 aliphatic rings. The third kappa shape index (κ3) is 2.20. The minimum absolute atomic E-state index is 0.123. The van der Waals surface area contributed by atoms with E-state index >= 15 is 0 Å². The lowest BCUT2D eigenvalue weighted by Gasteiger charge is -2.38. The topological polar surface area (TPSA) is 20.2 Å². The van der Waals surface area contributed by atoms with E-state index in [1.807, 2.05) is 24.3 Å². The fourth-order valence-corrected chi connectivity index (χ4v) is 3.50. The molecular formula is C18H19FO. The summed E-state index contributed by atoms with van der Waals surface area (Å²) in [5, 5.41) is 9.49. The van der Waals surface area contributed by atoms with E-state index in [9.17, 15) is 9.50 Å². The number of benzene rings is 2. The lowest BCUT2D eigenvalue weighted by molar-refractivity contribution is 0.335. The molecule has 3 rings (SSSR count). The Morgan fingerprint density at radius 3 is 2.15 bits per heavy atom. The molecule has 0 unspecified atom stereocenters. The molecule has 0 heterocycles. The van der Waals surface area contributed by atoms with Crippen LogP contribution in [0.5, 0.6) is 5.75 Å². The Kier molecular flexibility index (Phi) is 3.47. The van der Waals surface area contributed by atoms with E-state index < -0.39 is 0 Å². The first-order chi connectivity index (χ1) is 9.72. The van der Waals surface area contributed by atoms with Crippen LogP contribution in [-0.2, 0) is 5.41 Å². The van der Waals surface area contributed by atoms with E-state index in [4.69, 9.17) is 0 Å². The van der Waals surface area contributed by atoms with Crippen molar-refractivity contribution in [3.05, 3.63) is 65.5 Å². The lowest BCUT2D eigenvalue weighted by atomic mass is 9.65. The van der Waals surface area contributed by atoms with E-state index in [-0.39, 0.29) is 17.0 Å². The molecule has 0 aliphatic heterocycles. The quantitative estimate of drug-likeness (QED) is 0.832. The fraction of sp³-hybridized carbons (Fsp3) is 0.333. The average molecular weight is 270 g/mol. The summed E-state index contributed by atoms with van der Waals surface area (Å²) in [6, 6.07) is 14.4. The molecule has 2 aromatic rings. The Morgan fingerprint density at radius 1 is 0.850 bits per heavy atom. The Hall–Kier alpha value is -1.83. The minimum atomic E-state index is -0.239. The zero-order valence-electron chi connectivity index (χ0n) is 11.5. The summed E-state index contributed by atoms with van der Waals surface area (Å²) >= 11 is 0. The van der Waals surface area contributed by atoms with Gasteiger partial charge in [0.05, 0.1) is 0 Å². The molecule has 1 saturated carbocycles. The first-order valence-electron chi connectivity index (χ1n) is 7.27. The fourth-order valence-electron chi connectivity index (χ4n) is 3.50. The third-order valence-electron chi connectivity index (χ3n) is 4.52. The number of phenols is 1. The summed E-state index contributed by atoms with van der Waals surface area (Å²) in [5.74, 6) is 0.135. The predicted octanol–water partition coefficient (Wildman–Crippen LogP) is 4.78. The number of hydrogen-bond acceptors (Lipinski definition) is 1. The van der Waals surface area contributed by atoms with Gasteiger partial charge in [0.1, 0.15) is 11.6 Å². The van der Waals surface area contributed by atoms with Gasteiger partial charge in [0, 0.05) is 5.41 Å². The van der Waals surface area contributed by atoms with E-state index in [1.165, 1.54) is 6.42 Å². The van der Waals surface area contributed by atoms with Crippen LogP contribution in [0.15, 0.2) is 48.5 Å². The van der Waals surface area contributed by atoms with Gasteiger partial charge >= 0.3 is 0 Å². The van der Waals surface area contributed by atoms with Crippen LogP contribution in [0.4, 0.5) is 4.39 Å². The van der Waals surface area contributed by atoms with Crippen molar-refractivity contribution in [2.24, 2.45) is 0 Å². The lowest BCUT2D eigenvalue weighted by Crippen LogP contribution is -2.31. The van der Waals surface area contributed by atoms with Crippen LogP contribution in [0.2, 0.25) is 0 Å². The molecule has 0 amide bonds. The molecule has 0 bridgehead atoms. The monoisotopic (exact) mass is 270 g/mol. The zero-order chi connectivity index (χ0) is 14.0. The van der Waals surface area contributed by atoms with Crippen LogP contribution in [0.1, 0.15) is 43.2 Å². The van der Waals surface area contributed by atoms with Gasteiger partial charge in [-0.25, -0.2) is 4.39 Å². The maximum absolute atomic E-state index is 14.3. The first-order valence-corrected chi connectivity index (χ1v) is 7.27. The molecule has 2 heteroatoms. The van der Waals surface area contributed by atoms with Gasteiger partial charge < -0.3 is 5.11 Å². The summed E-state index contributed by atoms with van der Waals surface area (Å²) in [7, 11) is 0. The summed E-state index contributed by atoms with van der Waals surface area (Å²) < 4.78 is 14.3. The molecule has 0 saturated heterocycles. The molecular weight excluding hydrogens is 251 g/mol. The zero-order valence-corrected chi connectivity index (χ0v) is 11.5. The molecule has 1 N–H and O–H groups in total. The number of halogens is 1. The van der Waals surface area contributed by atoms with E-state index in [0.717, 1.165) is 36.8 Å². The van der Waals surface area contributed by atoms with Gasteiger partial charge in [-0.05, 0) is 42.2 Å². The van der Waals surface area contributed by atoms with Crippen LogP contribution in [0, 0.1) is 5.82 Å². The summed E-state index contributed by atoms with van der Waals surface area (Å²) in [5.41, 5.74) is 1.67. The highest BCUT2D eigenvalue weighted by molar-refractivity contribution is 5.42. The highest BCUT2D eigenvalue weighted by Crippen LogP contribution is 2.45. The first kappa shape index (κ1) is 13.2. The van der Waals surface area contributed by atoms with Gasteiger partial charge in [0.15, 0.2) is 0 Å². The highest BCUT2D eigenvalue weighted by atomic mass is 19.1. The van der Waals surface area contributed by atoms with Crippen molar-refractivity contribution in [2.75, 3.05) is 0 Å². The van der Waals surface area contributed by atoms with Crippen molar-refractivity contribution in [1.29, 1.82) is 0 Å². The summed E-state index contributed by atoms with van der Waals surface area (Å²) in [6.07, 6.45) is 5.40. The van der Waals surface area contributed by atoms with Crippen LogP contribution in [-0.4, -0.2) is 5.11 Å². The molecule has 0 atom stereocenters. The highest BCUT2D eigenvalue weighted by Gasteiger charge is 2.37. The smallest absolute Gasteiger partial charge is 0.127 e. The Bertz CT molecular complexity index is 583. The van der Waals surface area contributed by atoms with Crippen molar-refractivity contribution in [2.45, 2.75) is 37.5 Å². The molecule has 0 radical (unpaired) electrons. The van der Waals surface area contributed by atoms with E-state index in [1.54, 1.807) is 24.3 Å². The number of rotatable bonds is 2. The van der Waals surface area contributed by atoms with Gasteiger partial charge in [-0.1, -0.05) is 49.6 Å². The normalized spacial score (nSPS) is 17.9. The van der Waals surface area contributed by atoms with Crippen LogP contribution >= 0.6 is 0 Å².